The van der Waals surface area contributed by atoms with E-state index in [9.17, 15) is 8.78 Å². The number of aromatic amines is 1. The van der Waals surface area contributed by atoms with E-state index in [-0.39, 0.29) is 6.01 Å². The highest BCUT2D eigenvalue weighted by Crippen LogP contribution is 2.28. The number of nitrogens with zero attached hydrogens (tertiary/aromatic N) is 3. The van der Waals surface area contributed by atoms with Gasteiger partial charge < -0.3 is 4.74 Å². The van der Waals surface area contributed by atoms with Gasteiger partial charge in [-0.25, -0.2) is 4.98 Å². The van der Waals surface area contributed by atoms with Crippen LogP contribution in [-0.2, 0) is 0 Å². The smallest absolute Gasteiger partial charge is 0.389 e. The minimum atomic E-state index is -2.95. The SMILES string of the molecule is Cc1cc(-c2ccn[nH]2)c2nc(OC(F)F)ncc2c1. The van der Waals surface area contributed by atoms with Crippen LogP contribution in [0, 0.1) is 6.92 Å². The van der Waals surface area contributed by atoms with Crippen LogP contribution in [0.1, 0.15) is 5.56 Å². The van der Waals surface area contributed by atoms with Crippen molar-refractivity contribution in [2.75, 3.05) is 0 Å². The number of nitrogens with one attached hydrogen (secondary N) is 1. The first-order valence-electron chi connectivity index (χ1n) is 5.85. The molecule has 1 N–H and O–H groups in total. The Bertz CT molecular complexity index is 743. The standard InChI is InChI=1S/C13H10F2N4O/c1-7-4-8-6-16-13(20-12(14)15)18-11(8)9(5-7)10-2-3-17-19-10/h2-6,12H,1H3,(H,17,19). The second kappa shape index (κ2) is 4.84. The molecule has 0 amide bonds. The topological polar surface area (TPSA) is 63.7 Å². The van der Waals surface area contributed by atoms with Gasteiger partial charge in [0.05, 0.1) is 11.2 Å². The minimum Gasteiger partial charge on any atom is -0.401 e. The number of benzene rings is 1. The van der Waals surface area contributed by atoms with Gasteiger partial charge in [-0.05, 0) is 30.7 Å². The minimum absolute atomic E-state index is 0.350. The maximum Gasteiger partial charge on any atom is 0.389 e. The Hall–Kier alpha value is -2.57. The molecular formula is C13H10F2N4O. The highest BCUT2D eigenvalue weighted by atomic mass is 19.3. The average Bonchev–Trinajstić information content (AvgIpc) is 2.91. The van der Waals surface area contributed by atoms with Gasteiger partial charge in [0.25, 0.3) is 0 Å². The van der Waals surface area contributed by atoms with Crippen molar-refractivity contribution in [1.29, 1.82) is 0 Å². The van der Waals surface area contributed by atoms with Crippen molar-refractivity contribution < 1.29 is 13.5 Å². The predicted octanol–water partition coefficient (Wildman–Crippen LogP) is 2.93. The van der Waals surface area contributed by atoms with Crippen molar-refractivity contribution in [2.45, 2.75) is 13.5 Å². The summed E-state index contributed by atoms with van der Waals surface area (Å²) in [5.41, 5.74) is 3.05. The number of fused-ring (bicyclic) bond motifs is 1. The van der Waals surface area contributed by atoms with Crippen LogP contribution in [0.3, 0.4) is 0 Å². The monoisotopic (exact) mass is 276 g/mol. The van der Waals surface area contributed by atoms with Crippen molar-refractivity contribution in [3.8, 4) is 17.3 Å². The fraction of sp³-hybridized carbons (Fsp3) is 0.154. The van der Waals surface area contributed by atoms with Crippen molar-refractivity contribution in [1.82, 2.24) is 20.2 Å². The van der Waals surface area contributed by atoms with Crippen LogP contribution >= 0.6 is 0 Å². The molecule has 2 heterocycles. The summed E-state index contributed by atoms with van der Waals surface area (Å²) in [7, 11) is 0. The molecule has 7 heteroatoms. The molecule has 102 valence electrons. The van der Waals surface area contributed by atoms with Crippen LogP contribution < -0.4 is 4.74 Å². The van der Waals surface area contributed by atoms with Crippen molar-refractivity contribution in [3.63, 3.8) is 0 Å². The average molecular weight is 276 g/mol. The van der Waals surface area contributed by atoms with Crippen LogP contribution in [0.4, 0.5) is 8.78 Å². The highest BCUT2D eigenvalue weighted by molar-refractivity contribution is 5.93. The number of ether oxygens (including phenoxy) is 1. The highest BCUT2D eigenvalue weighted by Gasteiger charge is 2.12. The summed E-state index contributed by atoms with van der Waals surface area (Å²) in [6.45, 7) is -1.02. The maximum absolute atomic E-state index is 12.2. The van der Waals surface area contributed by atoms with E-state index in [0.717, 1.165) is 22.2 Å². The zero-order valence-corrected chi connectivity index (χ0v) is 10.5. The molecule has 0 aliphatic carbocycles. The molecule has 0 saturated carbocycles. The number of hydrogen-bond donors (Lipinski definition) is 1. The largest absolute Gasteiger partial charge is 0.401 e. The van der Waals surface area contributed by atoms with Crippen LogP contribution in [0.25, 0.3) is 22.2 Å². The van der Waals surface area contributed by atoms with Crippen LogP contribution in [0.15, 0.2) is 30.6 Å². The summed E-state index contributed by atoms with van der Waals surface area (Å²) in [6, 6.07) is 5.21. The third-order valence-corrected chi connectivity index (χ3v) is 2.79. The Morgan fingerprint density at radius 1 is 1.30 bits per heavy atom. The third-order valence-electron chi connectivity index (χ3n) is 2.79. The van der Waals surface area contributed by atoms with Gasteiger partial charge in [0.1, 0.15) is 0 Å². The molecule has 0 radical (unpaired) electrons. The van der Waals surface area contributed by atoms with Gasteiger partial charge in [-0.15, -0.1) is 0 Å². The molecule has 3 rings (SSSR count). The molecule has 0 unspecified atom stereocenters. The van der Waals surface area contributed by atoms with Gasteiger partial charge in [-0.3, -0.25) is 5.10 Å². The number of hydrogen-bond acceptors (Lipinski definition) is 4. The molecule has 2 aromatic heterocycles. The zero-order valence-electron chi connectivity index (χ0n) is 10.5. The normalized spacial score (nSPS) is 11.2. The molecular weight excluding hydrogens is 266 g/mol. The van der Waals surface area contributed by atoms with E-state index in [2.05, 4.69) is 24.9 Å². The first kappa shape index (κ1) is 12.5. The van der Waals surface area contributed by atoms with E-state index in [1.165, 1.54) is 6.20 Å². The van der Waals surface area contributed by atoms with E-state index in [4.69, 9.17) is 0 Å². The summed E-state index contributed by atoms with van der Waals surface area (Å²) in [6.07, 6.45) is 3.08. The predicted molar refractivity (Wildman–Crippen MR) is 68.5 cm³/mol. The van der Waals surface area contributed by atoms with Crippen LogP contribution in [-0.4, -0.2) is 26.8 Å². The van der Waals surface area contributed by atoms with Gasteiger partial charge in [0, 0.05) is 23.3 Å². The Balaban J connectivity index is 2.21. The van der Waals surface area contributed by atoms with Gasteiger partial charge in [0.15, 0.2) is 0 Å². The number of alkyl halides is 2. The fourth-order valence-corrected chi connectivity index (χ4v) is 2.03. The van der Waals surface area contributed by atoms with Crippen molar-refractivity contribution >= 4 is 10.9 Å². The lowest BCUT2D eigenvalue weighted by Crippen LogP contribution is -2.05. The molecule has 0 spiro atoms. The molecule has 0 fully saturated rings. The van der Waals surface area contributed by atoms with Gasteiger partial charge >= 0.3 is 12.6 Å². The van der Waals surface area contributed by atoms with Crippen molar-refractivity contribution in [3.05, 3.63) is 36.2 Å². The third kappa shape index (κ3) is 2.29. The summed E-state index contributed by atoms with van der Waals surface area (Å²) in [5, 5.41) is 7.47. The van der Waals surface area contributed by atoms with E-state index in [1.54, 1.807) is 12.3 Å². The number of halogens is 2. The molecule has 0 bridgehead atoms. The Morgan fingerprint density at radius 2 is 2.15 bits per heavy atom. The molecule has 0 atom stereocenters. The van der Waals surface area contributed by atoms with Gasteiger partial charge in [-0.2, -0.15) is 18.9 Å². The quantitative estimate of drug-likeness (QED) is 0.798. The molecule has 1 aromatic carbocycles. The maximum atomic E-state index is 12.2. The Labute approximate surface area is 112 Å². The van der Waals surface area contributed by atoms with Crippen LogP contribution in [0.5, 0.6) is 6.01 Å². The Morgan fingerprint density at radius 3 is 2.85 bits per heavy atom. The summed E-state index contributed by atoms with van der Waals surface area (Å²) in [4.78, 5) is 7.82. The van der Waals surface area contributed by atoms with Gasteiger partial charge in [0.2, 0.25) is 0 Å². The number of rotatable bonds is 3. The van der Waals surface area contributed by atoms with Crippen molar-refractivity contribution in [2.24, 2.45) is 0 Å². The molecule has 0 saturated heterocycles. The number of H-pyrrole nitrogens is 1. The van der Waals surface area contributed by atoms with E-state index >= 15 is 0 Å². The molecule has 0 aliphatic rings. The van der Waals surface area contributed by atoms with Crippen LogP contribution in [0.2, 0.25) is 0 Å². The zero-order chi connectivity index (χ0) is 14.1. The Kier molecular flexibility index (Phi) is 3.02. The second-order valence-corrected chi connectivity index (χ2v) is 4.25. The first-order chi connectivity index (χ1) is 9.63. The first-order valence-corrected chi connectivity index (χ1v) is 5.85. The second-order valence-electron chi connectivity index (χ2n) is 4.25. The summed E-state index contributed by atoms with van der Waals surface area (Å²) in [5.74, 6) is 0. The molecule has 3 aromatic rings. The molecule has 5 nitrogen and oxygen atoms in total. The lowest BCUT2D eigenvalue weighted by atomic mass is 10.0. The van der Waals surface area contributed by atoms with E-state index in [0.29, 0.717) is 5.52 Å². The summed E-state index contributed by atoms with van der Waals surface area (Å²) < 4.78 is 28.7. The van der Waals surface area contributed by atoms with E-state index in [1.807, 2.05) is 19.1 Å². The number of aryl methyl sites for hydroxylation is 1. The van der Waals surface area contributed by atoms with Gasteiger partial charge in [-0.1, -0.05) is 0 Å². The van der Waals surface area contributed by atoms with E-state index < -0.39 is 6.61 Å². The molecule has 20 heavy (non-hydrogen) atoms. The lowest BCUT2D eigenvalue weighted by Gasteiger charge is -2.08. The lowest BCUT2D eigenvalue weighted by molar-refractivity contribution is -0.0558. The molecule has 0 aliphatic heterocycles. The number of aromatic nitrogens is 4. The fourth-order valence-electron chi connectivity index (χ4n) is 2.03. The summed E-state index contributed by atoms with van der Waals surface area (Å²) >= 11 is 0.